The summed E-state index contributed by atoms with van der Waals surface area (Å²) in [6.45, 7) is 7.17. The van der Waals surface area contributed by atoms with Crippen LogP contribution >= 0.6 is 0 Å². The van der Waals surface area contributed by atoms with Gasteiger partial charge >= 0.3 is 0 Å². The zero-order valence-corrected chi connectivity index (χ0v) is 19.1. The van der Waals surface area contributed by atoms with Gasteiger partial charge in [-0.15, -0.1) is 0 Å². The van der Waals surface area contributed by atoms with E-state index in [-0.39, 0.29) is 26.9 Å². The molecule has 2 aromatic carbocycles. The fourth-order valence-corrected chi connectivity index (χ4v) is 5.18. The number of benzene rings is 2. The third kappa shape index (κ3) is 4.46. The Morgan fingerprint density at radius 2 is 1.22 bits per heavy atom. The number of sulfone groups is 2. The summed E-state index contributed by atoms with van der Waals surface area (Å²) in [5, 5.41) is 0. The molecule has 32 heavy (non-hydrogen) atoms. The molecule has 4 rings (SSSR count). The van der Waals surface area contributed by atoms with Crippen LogP contribution in [0.2, 0.25) is 0 Å². The van der Waals surface area contributed by atoms with Gasteiger partial charge in [0.1, 0.15) is 0 Å². The molecule has 0 radical (unpaired) electrons. The van der Waals surface area contributed by atoms with E-state index in [0.717, 1.165) is 12.5 Å². The van der Waals surface area contributed by atoms with Crippen LogP contribution in [-0.4, -0.2) is 40.9 Å². The average molecular weight is 469 g/mol. The van der Waals surface area contributed by atoms with E-state index in [9.17, 15) is 26.4 Å². The maximum atomic E-state index is 11.8. The van der Waals surface area contributed by atoms with Crippen molar-refractivity contribution >= 4 is 42.2 Å². The zero-order chi connectivity index (χ0) is 23.8. The van der Waals surface area contributed by atoms with E-state index >= 15 is 0 Å². The van der Waals surface area contributed by atoms with Crippen molar-refractivity contribution in [2.24, 2.45) is 0 Å². The summed E-state index contributed by atoms with van der Waals surface area (Å²) < 4.78 is 46.2. The number of hydrogen-bond acceptors (Lipinski definition) is 6. The number of carbonyl (C=O) groups is 2. The van der Waals surface area contributed by atoms with Crippen LogP contribution in [0.1, 0.15) is 31.8 Å². The standard InChI is InChI=1S/2C12H10O3S/c1-8-6-7-9-10(12(8)13)4-3-5-11(9)16(2,14)15;1-8-7-11(16(2,14)15)9-5-3-4-6-10(9)12(8)13/h2*3-7H,1H2,2H3. The summed E-state index contributed by atoms with van der Waals surface area (Å²) in [5.41, 5.74) is 2.30. The van der Waals surface area contributed by atoms with Crippen LogP contribution in [0, 0.1) is 0 Å². The summed E-state index contributed by atoms with van der Waals surface area (Å²) in [6, 6.07) is 11.3. The SMILES string of the molecule is C=C1C=C(S(C)(=O)=O)c2ccccc2C1=O.C=C1C=Cc2c(cccc2S(C)(=O)=O)C1=O. The number of fused-ring (bicyclic) bond motifs is 2. The fourth-order valence-electron chi connectivity index (χ4n) is 3.35. The predicted octanol–water partition coefficient (Wildman–Crippen LogP) is 3.68. The Hall–Kier alpha value is -3.36. The molecule has 0 atom stereocenters. The number of Topliss-reactive ketones (excluding diaryl/α,β-unsaturated/α-hetero) is 2. The van der Waals surface area contributed by atoms with E-state index in [1.165, 1.54) is 12.1 Å². The largest absolute Gasteiger partial charge is 0.289 e. The second-order valence-corrected chi connectivity index (χ2v) is 11.3. The molecule has 0 heterocycles. The highest BCUT2D eigenvalue weighted by molar-refractivity contribution is 8.00. The first-order valence-electron chi connectivity index (χ1n) is 9.32. The fraction of sp³-hybridized carbons (Fsp3) is 0.0833. The van der Waals surface area contributed by atoms with Gasteiger partial charge in [0.2, 0.25) is 0 Å². The Morgan fingerprint density at radius 3 is 1.81 bits per heavy atom. The lowest BCUT2D eigenvalue weighted by Crippen LogP contribution is -2.14. The monoisotopic (exact) mass is 468 g/mol. The third-order valence-electron chi connectivity index (χ3n) is 4.89. The van der Waals surface area contributed by atoms with E-state index in [2.05, 4.69) is 13.2 Å². The van der Waals surface area contributed by atoms with Crippen molar-refractivity contribution in [2.75, 3.05) is 12.5 Å². The van der Waals surface area contributed by atoms with E-state index in [0.29, 0.717) is 27.8 Å². The molecular weight excluding hydrogens is 448 g/mol. The molecule has 8 heteroatoms. The quantitative estimate of drug-likeness (QED) is 0.623. The summed E-state index contributed by atoms with van der Waals surface area (Å²) in [4.78, 5) is 23.8. The van der Waals surface area contributed by atoms with E-state index in [4.69, 9.17) is 0 Å². The molecule has 0 spiro atoms. The van der Waals surface area contributed by atoms with Crippen molar-refractivity contribution in [1.82, 2.24) is 0 Å². The minimum atomic E-state index is -3.35. The topological polar surface area (TPSA) is 102 Å². The van der Waals surface area contributed by atoms with Gasteiger partial charge in [0.05, 0.1) is 9.80 Å². The van der Waals surface area contributed by atoms with Crippen LogP contribution in [0.25, 0.3) is 11.0 Å². The molecule has 0 unspecified atom stereocenters. The Morgan fingerprint density at radius 1 is 0.656 bits per heavy atom. The molecule has 0 saturated heterocycles. The number of allylic oxidation sites excluding steroid dienone is 4. The zero-order valence-electron chi connectivity index (χ0n) is 17.5. The summed E-state index contributed by atoms with van der Waals surface area (Å²) in [7, 11) is -6.67. The lowest BCUT2D eigenvalue weighted by molar-refractivity contribution is 0.102. The maximum Gasteiger partial charge on any atom is 0.193 e. The summed E-state index contributed by atoms with van der Waals surface area (Å²) >= 11 is 0. The van der Waals surface area contributed by atoms with Crippen LogP contribution in [0.15, 0.2) is 83.8 Å². The highest BCUT2D eigenvalue weighted by Gasteiger charge is 2.26. The highest BCUT2D eigenvalue weighted by Crippen LogP contribution is 2.31. The second-order valence-electron chi connectivity index (χ2n) is 7.36. The van der Waals surface area contributed by atoms with Crippen molar-refractivity contribution in [1.29, 1.82) is 0 Å². The summed E-state index contributed by atoms with van der Waals surface area (Å²) in [6.07, 6.45) is 6.75. The van der Waals surface area contributed by atoms with Crippen LogP contribution in [0.5, 0.6) is 0 Å². The molecule has 2 aliphatic rings. The Balaban J connectivity index is 0.000000181. The number of hydrogen-bond donors (Lipinski definition) is 0. The molecule has 164 valence electrons. The van der Waals surface area contributed by atoms with Crippen molar-refractivity contribution in [3.05, 3.63) is 101 Å². The van der Waals surface area contributed by atoms with Crippen LogP contribution in [0.4, 0.5) is 0 Å². The maximum absolute atomic E-state index is 11.8. The summed E-state index contributed by atoms with van der Waals surface area (Å²) in [5.74, 6) is -0.439. The van der Waals surface area contributed by atoms with Gasteiger partial charge in [-0.25, -0.2) is 16.8 Å². The number of rotatable bonds is 2. The molecule has 2 aliphatic carbocycles. The van der Waals surface area contributed by atoms with Crippen LogP contribution in [-0.2, 0) is 19.7 Å². The van der Waals surface area contributed by atoms with Crippen LogP contribution < -0.4 is 0 Å². The average Bonchev–Trinajstić information content (AvgIpc) is 2.72. The second kappa shape index (κ2) is 8.29. The molecule has 0 aromatic heterocycles. The van der Waals surface area contributed by atoms with E-state index < -0.39 is 19.7 Å². The number of ketones is 2. The van der Waals surface area contributed by atoms with Crippen LogP contribution in [0.3, 0.4) is 0 Å². The highest BCUT2D eigenvalue weighted by atomic mass is 32.2. The molecule has 0 saturated carbocycles. The van der Waals surface area contributed by atoms with Gasteiger partial charge in [-0.05, 0) is 12.1 Å². The molecular formula is C24H20O6S2. The first-order chi connectivity index (χ1) is 14.8. The molecule has 0 fully saturated rings. The van der Waals surface area contributed by atoms with Gasteiger partial charge < -0.3 is 0 Å². The molecule has 6 nitrogen and oxygen atoms in total. The third-order valence-corrected chi connectivity index (χ3v) is 7.18. The van der Waals surface area contributed by atoms with Crippen molar-refractivity contribution in [3.8, 4) is 0 Å². The van der Waals surface area contributed by atoms with Crippen molar-refractivity contribution < 1.29 is 26.4 Å². The minimum absolute atomic E-state index is 0.160. The molecule has 0 aliphatic heterocycles. The Labute approximate surface area is 187 Å². The molecule has 2 aromatic rings. The van der Waals surface area contributed by atoms with E-state index in [1.54, 1.807) is 48.6 Å². The van der Waals surface area contributed by atoms with Gasteiger partial charge in [-0.2, -0.15) is 0 Å². The Kier molecular flexibility index (Phi) is 6.04. The minimum Gasteiger partial charge on any atom is -0.289 e. The smallest absolute Gasteiger partial charge is 0.193 e. The first kappa shape index (κ1) is 23.3. The van der Waals surface area contributed by atoms with Gasteiger partial charge in [0.15, 0.2) is 31.2 Å². The first-order valence-corrected chi connectivity index (χ1v) is 13.1. The predicted molar refractivity (Wildman–Crippen MR) is 125 cm³/mol. The van der Waals surface area contributed by atoms with Gasteiger partial charge in [-0.1, -0.05) is 61.7 Å². The lowest BCUT2D eigenvalue weighted by atomic mass is 9.93. The number of carbonyl (C=O) groups excluding carboxylic acids is 2. The van der Waals surface area contributed by atoms with Gasteiger partial charge in [0, 0.05) is 45.9 Å². The molecule has 0 N–H and O–H groups in total. The van der Waals surface area contributed by atoms with Gasteiger partial charge in [-0.3, -0.25) is 9.59 Å². The van der Waals surface area contributed by atoms with E-state index in [1.807, 2.05) is 0 Å². The normalized spacial score (nSPS) is 15.4. The Bertz CT molecular complexity index is 1470. The van der Waals surface area contributed by atoms with Crippen molar-refractivity contribution in [2.45, 2.75) is 4.90 Å². The molecule has 0 amide bonds. The lowest BCUT2D eigenvalue weighted by Gasteiger charge is -2.16. The van der Waals surface area contributed by atoms with Gasteiger partial charge in [0.25, 0.3) is 0 Å². The molecule has 0 bridgehead atoms. The van der Waals surface area contributed by atoms with Crippen molar-refractivity contribution in [3.63, 3.8) is 0 Å².